The van der Waals surface area contributed by atoms with Crippen molar-refractivity contribution in [2.24, 2.45) is 0 Å². The Morgan fingerprint density at radius 3 is 2.71 bits per heavy atom. The summed E-state index contributed by atoms with van der Waals surface area (Å²) in [6, 6.07) is 8.62. The SMILES string of the molecule is O=C1CNC(=O)N1Cc1cccc(NC(=O)C2(n3cccn3)CCNCC2)c1. The van der Waals surface area contributed by atoms with Crippen molar-refractivity contribution in [2.45, 2.75) is 24.9 Å². The fourth-order valence-electron chi connectivity index (χ4n) is 3.72. The van der Waals surface area contributed by atoms with Crippen molar-refractivity contribution in [3.8, 4) is 0 Å². The van der Waals surface area contributed by atoms with Crippen molar-refractivity contribution < 1.29 is 14.4 Å². The van der Waals surface area contributed by atoms with Gasteiger partial charge in [-0.1, -0.05) is 12.1 Å². The minimum absolute atomic E-state index is 0.0235. The number of urea groups is 1. The van der Waals surface area contributed by atoms with Gasteiger partial charge in [0.15, 0.2) is 0 Å². The quantitative estimate of drug-likeness (QED) is 0.658. The number of carbonyl (C=O) groups excluding carboxylic acids is 3. The first-order valence-corrected chi connectivity index (χ1v) is 9.28. The average molecular weight is 382 g/mol. The Morgan fingerprint density at radius 1 is 1.21 bits per heavy atom. The van der Waals surface area contributed by atoms with Gasteiger partial charge in [0.1, 0.15) is 5.54 Å². The van der Waals surface area contributed by atoms with E-state index in [0.29, 0.717) is 18.5 Å². The van der Waals surface area contributed by atoms with Crippen molar-refractivity contribution in [2.75, 3.05) is 25.0 Å². The van der Waals surface area contributed by atoms with Crippen LogP contribution in [-0.2, 0) is 21.7 Å². The number of hydrogen-bond acceptors (Lipinski definition) is 5. The van der Waals surface area contributed by atoms with Gasteiger partial charge < -0.3 is 16.0 Å². The van der Waals surface area contributed by atoms with Crippen LogP contribution in [0, 0.1) is 0 Å². The minimum atomic E-state index is -0.741. The normalized spacial score (nSPS) is 18.8. The maximum absolute atomic E-state index is 13.2. The Hall–Kier alpha value is -3.20. The third-order valence-corrected chi connectivity index (χ3v) is 5.26. The van der Waals surface area contributed by atoms with Crippen LogP contribution in [0.5, 0.6) is 0 Å². The third-order valence-electron chi connectivity index (χ3n) is 5.26. The van der Waals surface area contributed by atoms with Crippen molar-refractivity contribution in [3.05, 3.63) is 48.3 Å². The number of aromatic nitrogens is 2. The van der Waals surface area contributed by atoms with Crippen LogP contribution in [-0.4, -0.2) is 52.2 Å². The van der Waals surface area contributed by atoms with Gasteiger partial charge in [0, 0.05) is 18.1 Å². The molecule has 146 valence electrons. The lowest BCUT2D eigenvalue weighted by molar-refractivity contribution is -0.126. The van der Waals surface area contributed by atoms with Gasteiger partial charge in [0.05, 0.1) is 13.1 Å². The molecule has 0 saturated carbocycles. The van der Waals surface area contributed by atoms with Gasteiger partial charge in [-0.15, -0.1) is 0 Å². The van der Waals surface area contributed by atoms with Gasteiger partial charge in [-0.25, -0.2) is 4.79 Å². The average Bonchev–Trinajstić information content (AvgIpc) is 3.35. The first-order chi connectivity index (χ1) is 13.6. The highest BCUT2D eigenvalue weighted by Gasteiger charge is 2.42. The number of nitrogens with one attached hydrogen (secondary N) is 3. The van der Waals surface area contributed by atoms with Crippen LogP contribution in [0.25, 0.3) is 0 Å². The summed E-state index contributed by atoms with van der Waals surface area (Å²) < 4.78 is 1.74. The molecule has 2 fully saturated rings. The molecule has 0 atom stereocenters. The van der Waals surface area contributed by atoms with E-state index in [4.69, 9.17) is 0 Å². The van der Waals surface area contributed by atoms with E-state index in [1.165, 1.54) is 4.90 Å². The number of carbonyl (C=O) groups is 3. The fraction of sp³-hybridized carbons (Fsp3) is 0.368. The Bertz CT molecular complexity index is 873. The lowest BCUT2D eigenvalue weighted by atomic mass is 9.87. The van der Waals surface area contributed by atoms with Crippen molar-refractivity contribution >= 4 is 23.5 Å². The van der Waals surface area contributed by atoms with Crippen LogP contribution in [0.3, 0.4) is 0 Å². The van der Waals surface area contributed by atoms with Crippen LogP contribution in [0.1, 0.15) is 18.4 Å². The van der Waals surface area contributed by atoms with Crippen LogP contribution in [0.15, 0.2) is 42.7 Å². The molecule has 9 heteroatoms. The summed E-state index contributed by atoms with van der Waals surface area (Å²) in [5.74, 6) is -0.378. The summed E-state index contributed by atoms with van der Waals surface area (Å²) in [5, 5.41) is 13.1. The smallest absolute Gasteiger partial charge is 0.324 e. The summed E-state index contributed by atoms with van der Waals surface area (Å²) >= 11 is 0. The van der Waals surface area contributed by atoms with E-state index in [9.17, 15) is 14.4 Å². The fourth-order valence-corrected chi connectivity index (χ4v) is 3.72. The van der Waals surface area contributed by atoms with Gasteiger partial charge in [0.25, 0.3) is 5.91 Å². The van der Waals surface area contributed by atoms with Crippen LogP contribution < -0.4 is 16.0 Å². The summed E-state index contributed by atoms with van der Waals surface area (Å²) in [7, 11) is 0. The molecule has 2 aliphatic heterocycles. The number of anilines is 1. The molecule has 1 aromatic heterocycles. The molecule has 0 spiro atoms. The molecule has 3 N–H and O–H groups in total. The van der Waals surface area contributed by atoms with Gasteiger partial charge in [-0.3, -0.25) is 19.2 Å². The lowest BCUT2D eigenvalue weighted by Crippen LogP contribution is -2.52. The second kappa shape index (κ2) is 7.43. The highest BCUT2D eigenvalue weighted by atomic mass is 16.2. The molecular weight excluding hydrogens is 360 g/mol. The number of nitrogens with zero attached hydrogens (tertiary/aromatic N) is 3. The van der Waals surface area contributed by atoms with Gasteiger partial charge in [-0.05, 0) is 49.7 Å². The molecule has 4 rings (SSSR count). The van der Waals surface area contributed by atoms with Crippen LogP contribution in [0.2, 0.25) is 0 Å². The topological polar surface area (TPSA) is 108 Å². The number of imide groups is 1. The van der Waals surface area contributed by atoms with E-state index in [-0.39, 0.29) is 24.9 Å². The number of amides is 4. The molecule has 1 aromatic carbocycles. The minimum Gasteiger partial charge on any atom is -0.329 e. The molecule has 0 unspecified atom stereocenters. The van der Waals surface area contributed by atoms with E-state index in [2.05, 4.69) is 21.0 Å². The molecule has 4 amide bonds. The Kier molecular flexibility index (Phi) is 4.82. The van der Waals surface area contributed by atoms with Gasteiger partial charge in [-0.2, -0.15) is 5.10 Å². The highest BCUT2D eigenvalue weighted by Crippen LogP contribution is 2.29. The zero-order chi connectivity index (χ0) is 19.6. The lowest BCUT2D eigenvalue weighted by Gasteiger charge is -2.36. The maximum atomic E-state index is 13.2. The van der Waals surface area contributed by atoms with Crippen molar-refractivity contribution in [1.29, 1.82) is 0 Å². The predicted molar refractivity (Wildman–Crippen MR) is 101 cm³/mol. The van der Waals surface area contributed by atoms with Gasteiger partial charge in [0.2, 0.25) is 5.91 Å². The molecule has 28 heavy (non-hydrogen) atoms. The number of hydrogen-bond donors (Lipinski definition) is 3. The number of benzene rings is 1. The third kappa shape index (κ3) is 3.36. The van der Waals surface area contributed by atoms with Crippen LogP contribution >= 0.6 is 0 Å². The summed E-state index contributed by atoms with van der Waals surface area (Å²) in [4.78, 5) is 37.9. The molecule has 0 bridgehead atoms. The van der Waals surface area contributed by atoms with E-state index in [1.807, 2.05) is 18.3 Å². The van der Waals surface area contributed by atoms with Gasteiger partial charge >= 0.3 is 6.03 Å². The molecule has 2 saturated heterocycles. The second-order valence-electron chi connectivity index (χ2n) is 7.03. The predicted octanol–water partition coefficient (Wildman–Crippen LogP) is 0.652. The summed E-state index contributed by atoms with van der Waals surface area (Å²) in [5.41, 5.74) is 0.650. The zero-order valence-corrected chi connectivity index (χ0v) is 15.4. The molecular formula is C19H22N6O3. The molecule has 2 aliphatic rings. The first-order valence-electron chi connectivity index (χ1n) is 9.28. The molecule has 0 aliphatic carbocycles. The monoisotopic (exact) mass is 382 g/mol. The molecule has 0 radical (unpaired) electrons. The van der Waals surface area contributed by atoms with Crippen molar-refractivity contribution in [1.82, 2.24) is 25.3 Å². The first kappa shape index (κ1) is 18.2. The maximum Gasteiger partial charge on any atom is 0.324 e. The Labute approximate surface area is 162 Å². The van der Waals surface area contributed by atoms with E-state index in [0.717, 1.165) is 18.7 Å². The molecule has 3 heterocycles. The second-order valence-corrected chi connectivity index (χ2v) is 7.03. The summed E-state index contributed by atoms with van der Waals surface area (Å²) in [6.07, 6.45) is 4.78. The van der Waals surface area contributed by atoms with E-state index in [1.54, 1.807) is 29.1 Å². The molecule has 9 nitrogen and oxygen atoms in total. The Balaban J connectivity index is 1.52. The van der Waals surface area contributed by atoms with Crippen LogP contribution in [0.4, 0.5) is 10.5 Å². The van der Waals surface area contributed by atoms with E-state index < -0.39 is 11.6 Å². The molecule has 2 aromatic rings. The standard InChI is InChI=1S/C19H22N6O3/c26-16-12-21-18(28)24(16)13-14-3-1-4-15(11-14)23-17(27)19(5-8-20-9-6-19)25-10-2-7-22-25/h1-4,7,10-11,20H,5-6,8-9,12-13H2,(H,21,28)(H,23,27). The van der Waals surface area contributed by atoms with Crippen molar-refractivity contribution in [3.63, 3.8) is 0 Å². The zero-order valence-electron chi connectivity index (χ0n) is 15.4. The number of rotatable bonds is 5. The number of piperidine rings is 1. The largest absolute Gasteiger partial charge is 0.329 e. The van der Waals surface area contributed by atoms with E-state index >= 15 is 0 Å². The summed E-state index contributed by atoms with van der Waals surface area (Å²) in [6.45, 7) is 1.66. The Morgan fingerprint density at radius 2 is 2.04 bits per heavy atom. The highest BCUT2D eigenvalue weighted by molar-refractivity contribution is 6.02.